The predicted octanol–water partition coefficient (Wildman–Crippen LogP) is -2.50. The minimum Gasteiger partial charge on any atom is -0.550 e. The number of carboxylic acid groups (broad SMARTS) is 1. The minimum atomic E-state index is -1.13. The number of aromatic nitrogens is 2. The Morgan fingerprint density at radius 2 is 2.00 bits per heavy atom. The normalized spacial score (nSPS) is 9.50. The van der Waals surface area contributed by atoms with E-state index in [1.54, 1.807) is 0 Å². The van der Waals surface area contributed by atoms with Gasteiger partial charge in [0.15, 0.2) is 5.82 Å². The summed E-state index contributed by atoms with van der Waals surface area (Å²) >= 11 is 1.09. The molecular weight excluding hydrogens is 235 g/mol. The second kappa shape index (κ2) is 6.10. The molecule has 0 bridgehead atoms. The number of hydrogen-bond acceptors (Lipinski definition) is 5. The summed E-state index contributed by atoms with van der Waals surface area (Å²) in [5.74, 6) is -0.567. The van der Waals surface area contributed by atoms with E-state index in [1.165, 1.54) is 0 Å². The molecule has 0 N–H and O–H groups in total. The third-order valence-electron chi connectivity index (χ3n) is 1.80. The van der Waals surface area contributed by atoms with E-state index in [9.17, 15) is 9.90 Å². The van der Waals surface area contributed by atoms with Crippen molar-refractivity contribution >= 4 is 17.5 Å². The molecule has 4 nitrogen and oxygen atoms in total. The summed E-state index contributed by atoms with van der Waals surface area (Å²) in [5.41, 5.74) is 0.887. The van der Waals surface area contributed by atoms with Crippen LogP contribution in [0, 0.1) is 0 Å². The van der Waals surface area contributed by atoms with E-state index >= 15 is 0 Å². The number of benzene rings is 1. The fraction of sp³-hybridized carbons (Fsp3) is 0.100. The molecule has 0 aliphatic carbocycles. The molecule has 76 valence electrons. The maximum atomic E-state index is 10.3. The van der Waals surface area contributed by atoms with Crippen LogP contribution in [0.4, 0.5) is 0 Å². The molecular formula is C10H7N2NaO2S. The number of aliphatic carboxylic acids is 1. The summed E-state index contributed by atoms with van der Waals surface area (Å²) in [7, 11) is 0. The molecule has 2 rings (SSSR count). The Labute approximate surface area is 119 Å². The van der Waals surface area contributed by atoms with Gasteiger partial charge in [-0.15, -0.1) is 0 Å². The van der Waals surface area contributed by atoms with Crippen molar-refractivity contribution in [2.75, 3.05) is 0 Å². The average molecular weight is 242 g/mol. The Balaban J connectivity index is 0.00000128. The fourth-order valence-electron chi connectivity index (χ4n) is 1.15. The van der Waals surface area contributed by atoms with Gasteiger partial charge in [0.2, 0.25) is 0 Å². The molecule has 0 radical (unpaired) electrons. The van der Waals surface area contributed by atoms with Crippen LogP contribution in [-0.2, 0) is 11.2 Å². The Morgan fingerprint density at radius 3 is 2.62 bits per heavy atom. The molecule has 6 heteroatoms. The summed E-state index contributed by atoms with van der Waals surface area (Å²) in [6.45, 7) is 0. The molecule has 0 atom stereocenters. The van der Waals surface area contributed by atoms with Crippen molar-refractivity contribution < 1.29 is 39.5 Å². The van der Waals surface area contributed by atoms with Crippen molar-refractivity contribution in [2.45, 2.75) is 6.42 Å². The Bertz CT molecular complexity index is 473. The van der Waals surface area contributed by atoms with Crippen molar-refractivity contribution in [1.29, 1.82) is 0 Å². The SMILES string of the molecule is O=C([O-])Cc1nc(-c2ccccc2)ns1.[Na+]. The van der Waals surface area contributed by atoms with Gasteiger partial charge in [-0.05, 0) is 11.5 Å². The molecule has 1 heterocycles. The van der Waals surface area contributed by atoms with Crippen molar-refractivity contribution in [3.8, 4) is 11.4 Å². The van der Waals surface area contributed by atoms with Gasteiger partial charge in [-0.2, -0.15) is 4.37 Å². The predicted molar refractivity (Wildman–Crippen MR) is 54.1 cm³/mol. The van der Waals surface area contributed by atoms with Crippen LogP contribution in [-0.4, -0.2) is 15.3 Å². The van der Waals surface area contributed by atoms with E-state index in [0.29, 0.717) is 10.8 Å². The average Bonchev–Trinajstić information content (AvgIpc) is 2.67. The van der Waals surface area contributed by atoms with Gasteiger partial charge in [-0.3, -0.25) is 0 Å². The number of hydrogen-bond donors (Lipinski definition) is 0. The van der Waals surface area contributed by atoms with Crippen LogP contribution < -0.4 is 34.7 Å². The molecule has 0 saturated carbocycles. The van der Waals surface area contributed by atoms with Gasteiger partial charge in [0.05, 0.1) is 0 Å². The van der Waals surface area contributed by atoms with Crippen LogP contribution >= 0.6 is 11.5 Å². The van der Waals surface area contributed by atoms with Crippen molar-refractivity contribution in [1.82, 2.24) is 9.36 Å². The molecule has 0 aliphatic rings. The second-order valence-corrected chi connectivity index (χ2v) is 3.76. The Kier molecular flexibility index (Phi) is 5.08. The number of carbonyl (C=O) groups excluding carboxylic acids is 1. The third-order valence-corrected chi connectivity index (χ3v) is 2.51. The maximum Gasteiger partial charge on any atom is 1.00 e. The number of rotatable bonds is 3. The summed E-state index contributed by atoms with van der Waals surface area (Å²) in [6, 6.07) is 9.43. The van der Waals surface area contributed by atoms with E-state index in [4.69, 9.17) is 0 Å². The number of carbonyl (C=O) groups is 1. The minimum absolute atomic E-state index is 0. The third kappa shape index (κ3) is 3.38. The van der Waals surface area contributed by atoms with Gasteiger partial charge >= 0.3 is 29.6 Å². The van der Waals surface area contributed by atoms with Crippen LogP contribution in [0.25, 0.3) is 11.4 Å². The largest absolute Gasteiger partial charge is 1.00 e. The molecule has 0 spiro atoms. The van der Waals surface area contributed by atoms with Crippen LogP contribution in [0.5, 0.6) is 0 Å². The zero-order valence-electron chi connectivity index (χ0n) is 8.71. The summed E-state index contributed by atoms with van der Waals surface area (Å²) in [6.07, 6.45) is -0.176. The van der Waals surface area contributed by atoms with Crippen LogP contribution in [0.3, 0.4) is 0 Å². The first-order valence-electron chi connectivity index (χ1n) is 4.33. The standard InChI is InChI=1S/C10H8N2O2S.Na/c13-9(14)6-8-11-10(12-15-8)7-4-2-1-3-5-7;/h1-5H,6H2,(H,13,14);/q;+1/p-1. The van der Waals surface area contributed by atoms with Gasteiger partial charge in [0.1, 0.15) is 5.01 Å². The first kappa shape index (κ1) is 13.3. The number of nitrogens with zero attached hydrogens (tertiary/aromatic N) is 2. The quantitative estimate of drug-likeness (QED) is 0.558. The van der Waals surface area contributed by atoms with Gasteiger partial charge in [0, 0.05) is 18.0 Å². The van der Waals surface area contributed by atoms with Crippen LogP contribution in [0.1, 0.15) is 5.01 Å². The summed E-state index contributed by atoms with van der Waals surface area (Å²) in [4.78, 5) is 14.4. The maximum absolute atomic E-state index is 10.3. The molecule has 0 aliphatic heterocycles. The van der Waals surface area contributed by atoms with E-state index in [1.807, 2.05) is 30.3 Å². The van der Waals surface area contributed by atoms with E-state index in [-0.39, 0.29) is 36.0 Å². The summed E-state index contributed by atoms with van der Waals surface area (Å²) < 4.78 is 4.08. The zero-order valence-corrected chi connectivity index (χ0v) is 11.5. The topological polar surface area (TPSA) is 65.9 Å². The molecule has 2 aromatic rings. The Morgan fingerprint density at radius 1 is 1.31 bits per heavy atom. The molecule has 0 saturated heterocycles. The van der Waals surface area contributed by atoms with Gasteiger partial charge in [0.25, 0.3) is 0 Å². The van der Waals surface area contributed by atoms with Crippen molar-refractivity contribution in [3.63, 3.8) is 0 Å². The zero-order chi connectivity index (χ0) is 10.7. The van der Waals surface area contributed by atoms with E-state index in [2.05, 4.69) is 9.36 Å². The van der Waals surface area contributed by atoms with Crippen molar-refractivity contribution in [3.05, 3.63) is 35.3 Å². The van der Waals surface area contributed by atoms with Gasteiger partial charge in [-0.25, -0.2) is 4.98 Å². The van der Waals surface area contributed by atoms with Gasteiger partial charge < -0.3 is 9.90 Å². The van der Waals surface area contributed by atoms with Crippen LogP contribution in [0.2, 0.25) is 0 Å². The molecule has 0 unspecified atom stereocenters. The first-order valence-corrected chi connectivity index (χ1v) is 5.11. The molecule has 1 aromatic heterocycles. The molecule has 1 aromatic carbocycles. The first-order chi connectivity index (χ1) is 7.25. The van der Waals surface area contributed by atoms with Gasteiger partial charge in [-0.1, -0.05) is 30.3 Å². The number of carboxylic acids is 1. The smallest absolute Gasteiger partial charge is 0.550 e. The van der Waals surface area contributed by atoms with E-state index in [0.717, 1.165) is 17.1 Å². The summed E-state index contributed by atoms with van der Waals surface area (Å²) in [5, 5.41) is 10.8. The molecule has 16 heavy (non-hydrogen) atoms. The monoisotopic (exact) mass is 242 g/mol. The fourth-order valence-corrected chi connectivity index (χ4v) is 1.80. The van der Waals surface area contributed by atoms with E-state index < -0.39 is 5.97 Å². The molecule has 0 fully saturated rings. The van der Waals surface area contributed by atoms with Crippen molar-refractivity contribution in [2.24, 2.45) is 0 Å². The second-order valence-electron chi connectivity index (χ2n) is 2.93. The van der Waals surface area contributed by atoms with Crippen LogP contribution in [0.15, 0.2) is 30.3 Å². The molecule has 0 amide bonds. The Hall–Kier alpha value is -0.750.